The van der Waals surface area contributed by atoms with Gasteiger partial charge in [-0.1, -0.05) is 49.2 Å². The molecule has 1 atom stereocenters. The zero-order valence-corrected chi connectivity index (χ0v) is 18.2. The Morgan fingerprint density at radius 3 is 2.37 bits per heavy atom. The van der Waals surface area contributed by atoms with E-state index in [1.807, 2.05) is 19.1 Å². The number of carbonyl (C=O) groups excluding carboxylic acids is 1. The molecule has 1 heterocycles. The molecule has 0 amide bonds. The molecule has 150 valence electrons. The summed E-state index contributed by atoms with van der Waals surface area (Å²) in [5, 5.41) is 0.774. The van der Waals surface area contributed by atoms with Crippen LogP contribution >= 0.6 is 11.6 Å². The molecule has 27 heavy (non-hydrogen) atoms. The Kier molecular flexibility index (Phi) is 7.93. The van der Waals surface area contributed by atoms with Crippen molar-refractivity contribution in [3.05, 3.63) is 46.5 Å². The van der Waals surface area contributed by atoms with E-state index in [1.54, 1.807) is 0 Å². The smallest absolute Gasteiger partial charge is 0.309 e. The van der Waals surface area contributed by atoms with Crippen molar-refractivity contribution in [2.45, 2.75) is 65.3 Å². The van der Waals surface area contributed by atoms with Crippen molar-refractivity contribution in [1.29, 1.82) is 0 Å². The average Bonchev–Trinajstić information content (AvgIpc) is 2.61. The molecule has 2 rings (SSSR count). The second kappa shape index (κ2) is 9.75. The number of piperidine rings is 1. The molecule has 1 aromatic rings. The Morgan fingerprint density at radius 2 is 1.85 bits per heavy atom. The van der Waals surface area contributed by atoms with Gasteiger partial charge in [-0.25, -0.2) is 0 Å². The van der Waals surface area contributed by atoms with Crippen molar-refractivity contribution in [2.75, 3.05) is 19.7 Å². The highest BCUT2D eigenvalue weighted by Crippen LogP contribution is 2.33. The van der Waals surface area contributed by atoms with Gasteiger partial charge < -0.3 is 4.74 Å². The Balaban J connectivity index is 2.09. The summed E-state index contributed by atoms with van der Waals surface area (Å²) in [5.41, 5.74) is 2.68. The van der Waals surface area contributed by atoms with Crippen LogP contribution in [0.1, 0.15) is 59.4 Å². The number of carbonyl (C=O) groups is 1. The average molecular weight is 392 g/mol. The van der Waals surface area contributed by atoms with E-state index in [0.29, 0.717) is 12.6 Å². The van der Waals surface area contributed by atoms with Crippen LogP contribution in [0.15, 0.2) is 35.9 Å². The van der Waals surface area contributed by atoms with Crippen LogP contribution in [-0.4, -0.2) is 36.6 Å². The SMILES string of the molecule is CCOC(=O)C1CCN(C(C=C(C)C)CC(C)(C)c2ccc(Cl)cc2)CC1. The van der Waals surface area contributed by atoms with E-state index in [0.717, 1.165) is 37.4 Å². The minimum Gasteiger partial charge on any atom is -0.466 e. The summed E-state index contributed by atoms with van der Waals surface area (Å²) < 4.78 is 5.21. The number of rotatable bonds is 7. The third kappa shape index (κ3) is 6.36. The lowest BCUT2D eigenvalue weighted by Crippen LogP contribution is -2.44. The first-order chi connectivity index (χ1) is 12.7. The minimum absolute atomic E-state index is 0.0302. The highest BCUT2D eigenvalue weighted by molar-refractivity contribution is 6.30. The second-order valence-electron chi connectivity index (χ2n) is 8.47. The van der Waals surface area contributed by atoms with E-state index in [4.69, 9.17) is 16.3 Å². The highest BCUT2D eigenvalue weighted by Gasteiger charge is 2.32. The molecule has 0 N–H and O–H groups in total. The first-order valence-corrected chi connectivity index (χ1v) is 10.4. The molecule has 0 aromatic heterocycles. The van der Waals surface area contributed by atoms with Crippen molar-refractivity contribution in [3.8, 4) is 0 Å². The van der Waals surface area contributed by atoms with Crippen molar-refractivity contribution >= 4 is 17.6 Å². The summed E-state index contributed by atoms with van der Waals surface area (Å²) in [6.45, 7) is 13.1. The Labute approximate surface area is 169 Å². The van der Waals surface area contributed by atoms with Gasteiger partial charge in [-0.2, -0.15) is 0 Å². The summed E-state index contributed by atoms with van der Waals surface area (Å²) in [6.07, 6.45) is 5.17. The number of allylic oxidation sites excluding steroid dienone is 1. The predicted molar refractivity (Wildman–Crippen MR) is 113 cm³/mol. The molecular formula is C23H34ClNO2. The van der Waals surface area contributed by atoms with Gasteiger partial charge in [0.25, 0.3) is 0 Å². The first-order valence-electron chi connectivity index (χ1n) is 10.0. The summed E-state index contributed by atoms with van der Waals surface area (Å²) in [6, 6.07) is 8.58. The molecule has 3 nitrogen and oxygen atoms in total. The normalized spacial score (nSPS) is 17.4. The van der Waals surface area contributed by atoms with Crippen molar-refractivity contribution in [2.24, 2.45) is 5.92 Å². The standard InChI is InChI=1S/C23H34ClNO2/c1-6-27-22(26)18-11-13-25(14-12-18)21(15-17(2)3)16-23(4,5)19-7-9-20(24)10-8-19/h7-10,15,18,21H,6,11-14,16H2,1-5H3. The molecule has 1 fully saturated rings. The van der Waals surface area contributed by atoms with Crippen LogP contribution in [0.3, 0.4) is 0 Å². The minimum atomic E-state index is -0.0302. The fraction of sp³-hybridized carbons (Fsp3) is 0.609. The van der Waals surface area contributed by atoms with E-state index in [-0.39, 0.29) is 17.3 Å². The van der Waals surface area contributed by atoms with E-state index in [2.05, 4.69) is 50.8 Å². The fourth-order valence-corrected chi connectivity index (χ4v) is 4.07. The van der Waals surface area contributed by atoms with Crippen LogP contribution in [-0.2, 0) is 14.9 Å². The first kappa shape index (κ1) is 22.0. The van der Waals surface area contributed by atoms with E-state index < -0.39 is 0 Å². The van der Waals surface area contributed by atoms with E-state index >= 15 is 0 Å². The monoisotopic (exact) mass is 391 g/mol. The quantitative estimate of drug-likeness (QED) is 0.446. The maximum atomic E-state index is 12.0. The summed E-state index contributed by atoms with van der Waals surface area (Å²) in [7, 11) is 0. The second-order valence-corrected chi connectivity index (χ2v) is 8.90. The van der Waals surface area contributed by atoms with Crippen molar-refractivity contribution < 1.29 is 9.53 Å². The van der Waals surface area contributed by atoms with Crippen LogP contribution in [0.2, 0.25) is 5.02 Å². The molecule has 0 spiro atoms. The molecule has 0 aliphatic carbocycles. The largest absolute Gasteiger partial charge is 0.466 e. The molecule has 0 radical (unpaired) electrons. The predicted octanol–water partition coefficient (Wildman–Crippen LogP) is 5.62. The summed E-state index contributed by atoms with van der Waals surface area (Å²) >= 11 is 6.06. The molecule has 0 saturated carbocycles. The third-order valence-electron chi connectivity index (χ3n) is 5.49. The lowest BCUT2D eigenvalue weighted by atomic mass is 9.78. The fourth-order valence-electron chi connectivity index (χ4n) is 3.95. The summed E-state index contributed by atoms with van der Waals surface area (Å²) in [4.78, 5) is 14.6. The van der Waals surface area contributed by atoms with Gasteiger partial charge in [0.2, 0.25) is 0 Å². The zero-order chi connectivity index (χ0) is 20.0. The highest BCUT2D eigenvalue weighted by atomic mass is 35.5. The number of likely N-dealkylation sites (tertiary alicyclic amines) is 1. The van der Waals surface area contributed by atoms with Gasteiger partial charge in [-0.05, 0) is 76.2 Å². The summed E-state index contributed by atoms with van der Waals surface area (Å²) in [5.74, 6) is 0.0234. The van der Waals surface area contributed by atoms with Gasteiger partial charge in [0, 0.05) is 11.1 Å². The molecule has 1 aliphatic heterocycles. The molecule has 1 aliphatic rings. The van der Waals surface area contributed by atoms with Crippen LogP contribution < -0.4 is 0 Å². The maximum absolute atomic E-state index is 12.0. The Hall–Kier alpha value is -1.32. The molecule has 1 aromatic carbocycles. The number of nitrogens with zero attached hydrogens (tertiary/aromatic N) is 1. The van der Waals surface area contributed by atoms with Crippen LogP contribution in [0.25, 0.3) is 0 Å². The number of ether oxygens (including phenoxy) is 1. The zero-order valence-electron chi connectivity index (χ0n) is 17.4. The number of benzene rings is 1. The van der Waals surface area contributed by atoms with Gasteiger partial charge in [-0.3, -0.25) is 9.69 Å². The van der Waals surface area contributed by atoms with Crippen molar-refractivity contribution in [1.82, 2.24) is 4.90 Å². The molecule has 1 unspecified atom stereocenters. The lowest BCUT2D eigenvalue weighted by molar-refractivity contribution is -0.149. The lowest BCUT2D eigenvalue weighted by Gasteiger charge is -2.39. The van der Waals surface area contributed by atoms with Crippen LogP contribution in [0.5, 0.6) is 0 Å². The van der Waals surface area contributed by atoms with Gasteiger partial charge in [0.05, 0.1) is 12.5 Å². The molecule has 1 saturated heterocycles. The van der Waals surface area contributed by atoms with Gasteiger partial charge in [0.1, 0.15) is 0 Å². The topological polar surface area (TPSA) is 29.5 Å². The number of hydrogen-bond acceptors (Lipinski definition) is 3. The molecular weight excluding hydrogens is 358 g/mol. The van der Waals surface area contributed by atoms with Gasteiger partial charge >= 0.3 is 5.97 Å². The number of halogens is 1. The Bertz CT molecular complexity index is 639. The Morgan fingerprint density at radius 1 is 1.26 bits per heavy atom. The van der Waals surface area contributed by atoms with E-state index in [9.17, 15) is 4.79 Å². The van der Waals surface area contributed by atoms with Gasteiger partial charge in [-0.15, -0.1) is 0 Å². The van der Waals surface area contributed by atoms with Crippen LogP contribution in [0, 0.1) is 5.92 Å². The van der Waals surface area contributed by atoms with Crippen LogP contribution in [0.4, 0.5) is 0 Å². The number of hydrogen-bond donors (Lipinski definition) is 0. The maximum Gasteiger partial charge on any atom is 0.309 e. The van der Waals surface area contributed by atoms with Gasteiger partial charge in [0.15, 0.2) is 0 Å². The van der Waals surface area contributed by atoms with Crippen molar-refractivity contribution in [3.63, 3.8) is 0 Å². The number of esters is 1. The third-order valence-corrected chi connectivity index (χ3v) is 5.74. The molecule has 4 heteroatoms. The van der Waals surface area contributed by atoms with E-state index in [1.165, 1.54) is 11.1 Å². The molecule has 0 bridgehead atoms.